The van der Waals surface area contributed by atoms with Crippen LogP contribution in [0.2, 0.25) is 0 Å². The molecule has 0 saturated heterocycles. The maximum Gasteiger partial charge on any atom is 0.280 e. The number of Topliss-reactive ketones (excluding diaryl/α,β-unsaturated/α-hetero) is 3. The number of hydrogen-bond donors (Lipinski definition) is 11. The number of hydrogen-bond acceptors (Lipinski definition) is 17. The molecule has 1 aliphatic carbocycles. The molecule has 0 fully saturated rings. The van der Waals surface area contributed by atoms with Crippen LogP contribution in [0.3, 0.4) is 0 Å². The van der Waals surface area contributed by atoms with Crippen molar-refractivity contribution in [3.8, 4) is 5.75 Å². The van der Waals surface area contributed by atoms with Gasteiger partial charge in [-0.15, -0.1) is 11.6 Å². The lowest BCUT2D eigenvalue weighted by Crippen LogP contribution is -2.45. The maximum absolute atomic E-state index is 14.0. The zero-order valence-corrected chi connectivity index (χ0v) is 56.6. The van der Waals surface area contributed by atoms with Crippen LogP contribution < -0.4 is 48.5 Å². The summed E-state index contributed by atoms with van der Waals surface area (Å²) >= 11 is 6.43. The monoisotopic (exact) mass is 1380 g/mol. The number of ketones is 3. The molecule has 0 radical (unpaired) electrons. The molecule has 0 saturated carbocycles. The molecule has 13 N–H and O–H groups in total. The predicted molar refractivity (Wildman–Crippen MR) is 385 cm³/mol. The van der Waals surface area contributed by atoms with Crippen LogP contribution in [0.4, 0.5) is 23.0 Å². The third kappa shape index (κ3) is 18.2. The number of aromatic amines is 2. The Morgan fingerprint density at radius 3 is 2.33 bits per heavy atom. The first-order chi connectivity index (χ1) is 47.2. The number of guanidine groups is 1. The van der Waals surface area contributed by atoms with E-state index in [0.717, 1.165) is 33.0 Å². The van der Waals surface area contributed by atoms with E-state index in [1.54, 1.807) is 73.5 Å². The number of nitrogens with one attached hydrogen (secondary N) is 8. The fourth-order valence-electron chi connectivity index (χ4n) is 12.1. The topological polar surface area (TPSA) is 383 Å². The quantitative estimate of drug-likeness (QED) is 0.00456. The van der Waals surface area contributed by atoms with Crippen LogP contribution >= 0.6 is 33.2 Å². The number of nitrogens with zero attached hydrogens (tertiary/aromatic N) is 4. The Kier molecular flexibility index (Phi) is 23.8. The van der Waals surface area contributed by atoms with Crippen molar-refractivity contribution in [3.63, 3.8) is 0 Å². The van der Waals surface area contributed by atoms with E-state index in [0.29, 0.717) is 119 Å². The molecule has 0 spiro atoms. The van der Waals surface area contributed by atoms with E-state index in [-0.39, 0.29) is 121 Å². The van der Waals surface area contributed by atoms with E-state index in [4.69, 9.17) is 28.5 Å². The molecule has 27 heteroatoms. The van der Waals surface area contributed by atoms with Gasteiger partial charge in [-0.3, -0.25) is 53.5 Å². The molecule has 10 rings (SSSR count). The van der Waals surface area contributed by atoms with Crippen LogP contribution in [0.5, 0.6) is 5.75 Å². The van der Waals surface area contributed by atoms with Crippen LogP contribution in [0.1, 0.15) is 126 Å². The van der Waals surface area contributed by atoms with Crippen molar-refractivity contribution in [2.45, 2.75) is 103 Å². The number of phenolic OH excluding ortho intramolecular Hbond substituents is 1. The third-order valence-corrected chi connectivity index (χ3v) is 20.0. The number of aryl methyl sites for hydroxylation is 2. The van der Waals surface area contributed by atoms with Crippen molar-refractivity contribution in [1.82, 2.24) is 40.9 Å². The highest BCUT2D eigenvalue weighted by molar-refractivity contribution is 8.76. The van der Waals surface area contributed by atoms with Crippen molar-refractivity contribution in [2.75, 3.05) is 58.3 Å². The first-order valence-electron chi connectivity index (χ1n) is 32.5. The molecule has 98 heavy (non-hydrogen) atoms. The fourth-order valence-corrected chi connectivity index (χ4v) is 14.2. The molecular weight excluding hydrogens is 1310 g/mol. The van der Waals surface area contributed by atoms with Crippen LogP contribution in [-0.2, 0) is 48.0 Å². The van der Waals surface area contributed by atoms with Crippen molar-refractivity contribution in [1.29, 1.82) is 5.41 Å². The van der Waals surface area contributed by atoms with Gasteiger partial charge in [-0.1, -0.05) is 90.0 Å². The van der Waals surface area contributed by atoms with Gasteiger partial charge < -0.3 is 53.0 Å². The molecule has 24 nitrogen and oxygen atoms in total. The second-order valence-corrected chi connectivity index (χ2v) is 27.7. The lowest BCUT2D eigenvalue weighted by molar-refractivity contribution is -0.133. The Hall–Kier alpha value is -9.92. The average molecular weight is 1390 g/mol. The minimum Gasteiger partial charge on any atom is -0.507 e. The normalized spacial score (nSPS) is 14.1. The Bertz CT molecular complexity index is 4480. The second-order valence-electron chi connectivity index (χ2n) is 24.6. The molecule has 4 heterocycles. The van der Waals surface area contributed by atoms with Crippen LogP contribution in [-0.4, -0.2) is 126 Å². The maximum atomic E-state index is 14.0. The standard InChI is InChI=1S/C71H77ClN14O10S2/c1-39(28-51(87)8-3-6-12-58(88)42-16-13-41(14-17-42)15-19-50-37-78-64-63(80-50)68(95)85-71(75)84-64)66(93)83-55(11-7-24-77-70(73)74)60(90)29-40(2)65(92)76-25-27-98-97-26-23-61(91)79-48-20-18-43-30-46(31-44(43)32-48)67(94)81-49-21-22-54-45(33-49)34-56(82-54)69(96)86-38-47(36-72)62-53-10-5-4-9-52(53)59(89)35-57(62)86/h4-5,9-10,13-14,16-18,20-22,31-35,37,39-40,47,55,82,89H,3,6-8,11-12,15,19,23-30,36,38H2,1-2H3,(H,76,92)(H,79,91)(H,81,94)(H,83,93)(H4,73,74,77)(H3,75,78,84,85,95)/t39-,40-,47?,55+/m1/s1. The molecule has 0 bridgehead atoms. The molecular formula is C71H77ClN14O10S2. The molecule has 8 aromatic rings. The average Bonchev–Trinajstić information content (AvgIpc) is 1.56. The molecule has 5 aromatic carbocycles. The lowest BCUT2D eigenvalue weighted by atomic mass is 9.95. The van der Waals surface area contributed by atoms with Gasteiger partial charge in [-0.25, -0.2) is 9.97 Å². The number of carbonyl (C=O) groups is 8. The van der Waals surface area contributed by atoms with Gasteiger partial charge >= 0.3 is 0 Å². The first kappa shape index (κ1) is 70.9. The summed E-state index contributed by atoms with van der Waals surface area (Å²) < 4.78 is 0. The molecule has 1 unspecified atom stereocenters. The Balaban J connectivity index is 0.596. The number of nitrogen functional groups attached to an aromatic ring is 1. The molecule has 4 atom stereocenters. The number of anilines is 4. The Morgan fingerprint density at radius 1 is 0.796 bits per heavy atom. The largest absolute Gasteiger partial charge is 0.507 e. The number of amides is 5. The van der Waals surface area contributed by atoms with Crippen molar-refractivity contribution < 1.29 is 43.5 Å². The number of aromatic nitrogens is 5. The number of benzene rings is 5. The van der Waals surface area contributed by atoms with Gasteiger partial charge in [0.05, 0.1) is 23.6 Å². The first-order valence-corrected chi connectivity index (χ1v) is 35.5. The van der Waals surface area contributed by atoms with Gasteiger partial charge in [0.15, 0.2) is 28.7 Å². The third-order valence-electron chi connectivity index (χ3n) is 17.3. The number of H-pyrrole nitrogens is 2. The van der Waals surface area contributed by atoms with Gasteiger partial charge in [0.1, 0.15) is 17.2 Å². The molecule has 1 aliphatic heterocycles. The summed E-state index contributed by atoms with van der Waals surface area (Å²) in [6, 6.07) is 28.1. The van der Waals surface area contributed by atoms with Crippen LogP contribution in [0.25, 0.3) is 38.9 Å². The number of nitrogens with two attached hydrogens (primary N) is 2. The van der Waals surface area contributed by atoms with Crippen molar-refractivity contribution >= 4 is 148 Å². The van der Waals surface area contributed by atoms with Crippen molar-refractivity contribution in [3.05, 3.63) is 158 Å². The van der Waals surface area contributed by atoms with Gasteiger partial charge in [-0.05, 0) is 109 Å². The number of phenols is 1. The minimum absolute atomic E-state index is 0.0362. The van der Waals surface area contributed by atoms with E-state index in [1.807, 2.05) is 54.6 Å². The highest BCUT2D eigenvalue weighted by Crippen LogP contribution is 2.46. The summed E-state index contributed by atoms with van der Waals surface area (Å²) in [5, 5.41) is 34.9. The van der Waals surface area contributed by atoms with E-state index in [2.05, 4.69) is 51.5 Å². The minimum atomic E-state index is -0.951. The SMILES string of the molecule is C[C@H](CC(=O)[C@H](CCCNC(=N)N)NC(=O)[C@H](C)CC(=O)CCCCC(=O)c1ccc(CCc2cnc3nc(N)[nH]c(=O)c3n2)cc1)C(=O)NCCSSCCC(=O)Nc1ccc2c(c1)C=C(C(=O)Nc1ccc3[nH]c(C(=O)N4CC(CCl)c5c4cc(O)c4ccccc54)cc3c1)C2. The number of alkyl halides is 1. The predicted octanol–water partition coefficient (Wildman–Crippen LogP) is 9.19. The summed E-state index contributed by atoms with van der Waals surface area (Å²) in [7, 11) is 2.97. The number of rotatable bonds is 33. The molecule has 5 amide bonds. The highest BCUT2D eigenvalue weighted by Gasteiger charge is 2.36. The van der Waals surface area contributed by atoms with Crippen LogP contribution in [0.15, 0.2) is 114 Å². The number of unbranched alkanes of at least 4 members (excludes halogenated alkanes) is 1. The number of carbonyl (C=O) groups excluding carboxylic acids is 8. The zero-order valence-electron chi connectivity index (χ0n) is 54.2. The number of aromatic hydroxyl groups is 1. The molecule has 3 aromatic heterocycles. The van der Waals surface area contributed by atoms with Gasteiger partial charge in [0.2, 0.25) is 23.7 Å². The smallest absolute Gasteiger partial charge is 0.280 e. The molecule has 2 aliphatic rings. The highest BCUT2D eigenvalue weighted by atomic mass is 35.5. The zero-order chi connectivity index (χ0) is 69.6. The molecule has 510 valence electrons. The number of fused-ring (bicyclic) bond motifs is 6. The van der Waals surface area contributed by atoms with Gasteiger partial charge in [0.25, 0.3) is 17.4 Å². The fraction of sp³-hybridized carbons (Fsp3) is 0.338. The summed E-state index contributed by atoms with van der Waals surface area (Å²) in [4.78, 5) is 139. The lowest BCUT2D eigenvalue weighted by Gasteiger charge is -2.22. The van der Waals surface area contributed by atoms with Gasteiger partial charge in [0, 0.05) is 138 Å². The summed E-state index contributed by atoms with van der Waals surface area (Å²) in [5.41, 5.74) is 19.0. The number of halogens is 1. The van der Waals surface area contributed by atoms with E-state index in [1.165, 1.54) is 21.6 Å². The van der Waals surface area contributed by atoms with Crippen molar-refractivity contribution in [2.24, 2.45) is 17.6 Å². The van der Waals surface area contributed by atoms with E-state index < -0.39 is 29.3 Å². The van der Waals surface area contributed by atoms with Gasteiger partial charge in [-0.2, -0.15) is 4.98 Å². The summed E-state index contributed by atoms with van der Waals surface area (Å²) in [6.45, 7) is 4.20. The van der Waals surface area contributed by atoms with E-state index in [9.17, 15) is 48.3 Å². The second kappa shape index (κ2) is 32.9. The summed E-state index contributed by atoms with van der Waals surface area (Å²) in [5.74, 6) is -2.55. The van der Waals surface area contributed by atoms with Crippen LogP contribution in [0, 0.1) is 17.2 Å². The summed E-state index contributed by atoms with van der Waals surface area (Å²) in [6.07, 6.45) is 6.81. The van der Waals surface area contributed by atoms with E-state index >= 15 is 0 Å². The Labute approximate surface area is 577 Å². The Morgan fingerprint density at radius 2 is 1.54 bits per heavy atom.